The molecule has 149 valence electrons. The van der Waals surface area contributed by atoms with Gasteiger partial charge >= 0.3 is 162 Å². The van der Waals surface area contributed by atoms with Crippen LogP contribution in [-0.2, 0) is 23.0 Å². The van der Waals surface area contributed by atoms with Crippen LogP contribution in [0.15, 0.2) is 28.2 Å². The molecule has 2 rings (SSSR count). The van der Waals surface area contributed by atoms with Gasteiger partial charge in [-0.25, -0.2) is 0 Å². The molecule has 1 unspecified atom stereocenters. The van der Waals surface area contributed by atoms with Crippen LogP contribution in [0.4, 0.5) is 0 Å². The first kappa shape index (κ1) is 22.7. The SMILES string of the molecule is C[O][Zr]([CH3])([CH3])(=[SiH2])([NH]C(C)(C)C)([O]C)([O]C)[CH]1C(C)=Cc2c(Br)cccc21. The summed E-state index contributed by atoms with van der Waals surface area (Å²) >= 11 is -2.79. The van der Waals surface area contributed by atoms with Crippen molar-refractivity contribution in [2.45, 2.75) is 46.1 Å². The number of nitrogens with one attached hydrogen (secondary N) is 1. The molecule has 1 atom stereocenters. The molecule has 0 aliphatic heterocycles. The average Bonchev–Trinajstić information content (AvgIpc) is 2.87. The summed E-state index contributed by atoms with van der Waals surface area (Å²) in [4.78, 5) is 0. The Morgan fingerprint density at radius 3 is 2.00 bits per heavy atom. The molecule has 0 amide bonds. The molecule has 4 nitrogen and oxygen atoms in total. The van der Waals surface area contributed by atoms with Crippen molar-refractivity contribution < 1.29 is 23.0 Å². The Morgan fingerprint density at radius 1 is 1.08 bits per heavy atom. The fourth-order valence-corrected chi connectivity index (χ4v) is 34.1. The second kappa shape index (κ2) is 4.58. The fourth-order valence-electron chi connectivity index (χ4n) is 5.73. The number of allylic oxidation sites excluding steroid dienone is 1. The predicted octanol–water partition coefficient (Wildman–Crippen LogP) is 4.84. The van der Waals surface area contributed by atoms with E-state index in [-0.39, 0.29) is 9.16 Å². The molecule has 1 aliphatic carbocycles. The van der Waals surface area contributed by atoms with E-state index in [0.717, 1.165) is 21.2 Å². The number of benzene rings is 1. The van der Waals surface area contributed by atoms with E-state index in [1.54, 1.807) is 28.2 Å². The minimum atomic E-state index is -6.50. The number of rotatable bonds is 5. The molecule has 1 aliphatic rings. The number of fused-ring (bicyclic) bond motifs is 1. The van der Waals surface area contributed by atoms with Gasteiger partial charge in [0.1, 0.15) is 0 Å². The van der Waals surface area contributed by atoms with E-state index >= 15 is 0 Å². The summed E-state index contributed by atoms with van der Waals surface area (Å²) in [6.45, 7) is 10.2. The van der Waals surface area contributed by atoms with Crippen molar-refractivity contribution in [1.29, 1.82) is 0 Å². The van der Waals surface area contributed by atoms with Crippen LogP contribution >= 0.6 is 15.9 Å². The quantitative estimate of drug-likeness (QED) is 0.560. The Kier molecular flexibility index (Phi) is 3.99. The van der Waals surface area contributed by atoms with E-state index in [1.165, 1.54) is 0 Å². The zero-order valence-corrected chi connectivity index (χ0v) is 23.2. The molecule has 0 saturated carbocycles. The molecule has 0 bridgehead atoms. The second-order valence-corrected chi connectivity index (χ2v) is 61.8. The third kappa shape index (κ3) is 2.62. The van der Waals surface area contributed by atoms with Crippen molar-refractivity contribution in [3.63, 3.8) is 0 Å². The standard InChI is InChI=1S/C10H8Br.C4H10N.3CH3O.2CH3.H2Si.Zr/c1-7-5-8-3-2-4-10(11)9(8)6-7;1-4(2,3)5;3*1-2;;;;/h2-6H,1H3;5H,1-3H3;3*1H3;2*1H3;1H2;/q;4*-1;;;;+4. The van der Waals surface area contributed by atoms with Crippen molar-refractivity contribution in [3.8, 4) is 0 Å². The van der Waals surface area contributed by atoms with Crippen LogP contribution in [0.2, 0.25) is 9.26 Å². The van der Waals surface area contributed by atoms with Crippen LogP contribution in [0.3, 0.4) is 0 Å². The zero-order valence-electron chi connectivity index (χ0n) is 17.7. The molecule has 1 N–H and O–H groups in total. The van der Waals surface area contributed by atoms with Crippen molar-refractivity contribution in [2.24, 2.45) is 0 Å². The zero-order chi connectivity index (χ0) is 20.4. The van der Waals surface area contributed by atoms with Crippen LogP contribution in [0, 0.1) is 0 Å². The van der Waals surface area contributed by atoms with Gasteiger partial charge in [-0.05, 0) is 0 Å². The van der Waals surface area contributed by atoms with E-state index in [9.17, 15) is 0 Å². The van der Waals surface area contributed by atoms with Crippen molar-refractivity contribution in [1.82, 2.24) is 3.26 Å². The van der Waals surface area contributed by atoms with Gasteiger partial charge in [-0.3, -0.25) is 0 Å². The van der Waals surface area contributed by atoms with Crippen LogP contribution in [0.5, 0.6) is 0 Å². The molecule has 26 heavy (non-hydrogen) atoms. The Labute approximate surface area is 161 Å². The van der Waals surface area contributed by atoms with E-state index in [2.05, 4.69) is 80.4 Å². The first-order chi connectivity index (χ1) is 11.4. The molecule has 1 aromatic rings. The van der Waals surface area contributed by atoms with Gasteiger partial charge in [0.2, 0.25) is 0 Å². The van der Waals surface area contributed by atoms with Crippen LogP contribution in [0.1, 0.15) is 42.4 Å². The predicted molar refractivity (Wildman–Crippen MR) is 115 cm³/mol. The van der Waals surface area contributed by atoms with Crippen LogP contribution in [-0.4, -0.2) is 33.7 Å². The Morgan fingerprint density at radius 2 is 1.58 bits per heavy atom. The van der Waals surface area contributed by atoms with E-state index in [1.807, 2.05) is 0 Å². The van der Waals surface area contributed by atoms with Gasteiger partial charge in [0.05, 0.1) is 0 Å². The normalized spacial score (nSPS) is 23.9. The summed E-state index contributed by atoms with van der Waals surface area (Å²) in [5.41, 5.74) is 3.12. The summed E-state index contributed by atoms with van der Waals surface area (Å²) < 4.78 is 28.9. The van der Waals surface area contributed by atoms with Crippen LogP contribution in [0.25, 0.3) is 6.08 Å². The summed E-state index contributed by atoms with van der Waals surface area (Å²) in [6.07, 6.45) is 2.21. The summed E-state index contributed by atoms with van der Waals surface area (Å²) in [5.74, 6) is 0. The third-order valence-electron chi connectivity index (χ3n) is 7.26. The maximum atomic E-state index is 6.69. The molecular formula is C19H35BrNO3SiZr. The second-order valence-electron chi connectivity index (χ2n) is 11.4. The monoisotopic (exact) mass is 522 g/mol. The first-order valence-corrected chi connectivity index (χ1v) is 26.4. The Bertz CT molecular complexity index is 976. The molecular weight excluding hydrogens is 489 g/mol. The van der Waals surface area contributed by atoms with Crippen molar-refractivity contribution >= 4 is 28.9 Å². The van der Waals surface area contributed by atoms with Gasteiger partial charge in [-0.15, -0.1) is 0 Å². The number of hydrogen-bond acceptors (Lipinski definition) is 4. The molecule has 7 heteroatoms. The topological polar surface area (TPSA) is 39.7 Å². The third-order valence-corrected chi connectivity index (χ3v) is 43.2. The van der Waals surface area contributed by atoms with Gasteiger partial charge in [0.25, 0.3) is 0 Å². The van der Waals surface area contributed by atoms with Crippen molar-refractivity contribution in [2.75, 3.05) is 21.3 Å². The summed E-state index contributed by atoms with van der Waals surface area (Å²) in [5, 5.41) is 0. The van der Waals surface area contributed by atoms with Gasteiger partial charge in [-0.2, -0.15) is 0 Å². The van der Waals surface area contributed by atoms with E-state index in [4.69, 9.17) is 8.44 Å². The van der Waals surface area contributed by atoms with Crippen molar-refractivity contribution in [3.05, 3.63) is 39.4 Å². The maximum absolute atomic E-state index is 6.69. The molecule has 0 aromatic heterocycles. The summed E-state index contributed by atoms with van der Waals surface area (Å²) in [6, 6.07) is 6.26. The van der Waals surface area contributed by atoms with Gasteiger partial charge in [0.15, 0.2) is 0 Å². The molecule has 1 aromatic carbocycles. The van der Waals surface area contributed by atoms with Gasteiger partial charge in [0, 0.05) is 0 Å². The molecule has 0 radical (unpaired) electrons. The average molecular weight is 525 g/mol. The Balaban J connectivity index is 3.19. The van der Waals surface area contributed by atoms with Crippen LogP contribution < -0.4 is 3.26 Å². The van der Waals surface area contributed by atoms with E-state index in [0.29, 0.717) is 0 Å². The fraction of sp³-hybridized carbons (Fsp3) is 0.579. The molecule has 0 saturated heterocycles. The first-order valence-electron chi connectivity index (χ1n) is 9.07. The summed E-state index contributed by atoms with van der Waals surface area (Å²) in [7, 11) is 5.15. The molecule has 0 spiro atoms. The Hall–Kier alpha value is 0.380. The minimum absolute atomic E-state index is 0.218. The molecule has 0 heterocycles. The number of halogens is 1. The van der Waals surface area contributed by atoms with E-state index < -0.39 is 14.6 Å². The number of hydrogen-bond donors (Lipinski definition) is 1. The van der Waals surface area contributed by atoms with Gasteiger partial charge < -0.3 is 0 Å². The van der Waals surface area contributed by atoms with Gasteiger partial charge in [-0.1, -0.05) is 0 Å². The molecule has 0 fully saturated rings.